The molecule has 2 aromatic rings. The van der Waals surface area contributed by atoms with Gasteiger partial charge in [-0.3, -0.25) is 13.9 Å². The Morgan fingerprint density at radius 3 is 2.19 bits per heavy atom. The summed E-state index contributed by atoms with van der Waals surface area (Å²) in [4.78, 5) is 28.3. The summed E-state index contributed by atoms with van der Waals surface area (Å²) < 4.78 is 32.1. The molecule has 198 valence electrons. The lowest BCUT2D eigenvalue weighted by molar-refractivity contribution is -0.140. The van der Waals surface area contributed by atoms with Gasteiger partial charge in [0.15, 0.2) is 0 Å². The molecule has 0 fully saturated rings. The Kier molecular flexibility index (Phi) is 10.8. The van der Waals surface area contributed by atoms with Crippen molar-refractivity contribution in [2.24, 2.45) is 0 Å². The largest absolute Gasteiger partial charge is 0.497 e. The van der Waals surface area contributed by atoms with Crippen molar-refractivity contribution >= 4 is 27.5 Å². The normalized spacial score (nSPS) is 12.2. The summed E-state index contributed by atoms with van der Waals surface area (Å²) in [5.41, 5.74) is 2.10. The van der Waals surface area contributed by atoms with Crippen molar-refractivity contribution in [2.75, 3.05) is 30.8 Å². The smallest absolute Gasteiger partial charge is 0.244 e. The highest BCUT2D eigenvalue weighted by atomic mass is 32.2. The maximum atomic E-state index is 13.8. The van der Waals surface area contributed by atoms with E-state index >= 15 is 0 Å². The maximum absolute atomic E-state index is 13.8. The number of carbonyl (C=O) groups is 2. The van der Waals surface area contributed by atoms with Crippen molar-refractivity contribution < 1.29 is 22.7 Å². The van der Waals surface area contributed by atoms with Gasteiger partial charge in [-0.05, 0) is 48.1 Å². The molecule has 2 rings (SSSR count). The van der Waals surface area contributed by atoms with Crippen LogP contribution in [0.3, 0.4) is 0 Å². The standard InChI is InChI=1S/C27H39N3O5S/c1-7-17-28-27(32)24(8-2)29(18-21-13-15-22(35-5)16-14-21)26(31)19-30(36(6,33)34)25-12-10-9-11-23(25)20(3)4/h9-16,20,24H,7-8,17-19H2,1-6H3,(H,28,32). The Bertz CT molecular complexity index is 1120. The van der Waals surface area contributed by atoms with Gasteiger partial charge >= 0.3 is 0 Å². The van der Waals surface area contributed by atoms with Crippen molar-refractivity contribution in [3.63, 3.8) is 0 Å². The van der Waals surface area contributed by atoms with Crippen LogP contribution in [0.15, 0.2) is 48.5 Å². The van der Waals surface area contributed by atoms with Gasteiger partial charge in [0.25, 0.3) is 0 Å². The molecule has 0 saturated heterocycles. The number of sulfonamides is 1. The van der Waals surface area contributed by atoms with Gasteiger partial charge in [-0.15, -0.1) is 0 Å². The van der Waals surface area contributed by atoms with Crippen molar-refractivity contribution in [2.45, 2.75) is 59.0 Å². The molecule has 2 amide bonds. The molecule has 1 atom stereocenters. The van der Waals surface area contributed by atoms with Crippen molar-refractivity contribution in [3.05, 3.63) is 59.7 Å². The summed E-state index contributed by atoms with van der Waals surface area (Å²) in [5.74, 6) is 0.0278. The third-order valence-corrected chi connectivity index (χ3v) is 7.08. The van der Waals surface area contributed by atoms with Gasteiger partial charge in [0.2, 0.25) is 21.8 Å². The number of benzene rings is 2. The fourth-order valence-corrected chi connectivity index (χ4v) is 4.88. The van der Waals surface area contributed by atoms with Crippen LogP contribution in [0.4, 0.5) is 5.69 Å². The minimum absolute atomic E-state index is 0.0548. The highest BCUT2D eigenvalue weighted by Crippen LogP contribution is 2.29. The van der Waals surface area contributed by atoms with Crippen molar-refractivity contribution in [3.8, 4) is 5.75 Å². The number of anilines is 1. The molecule has 0 radical (unpaired) electrons. The second kappa shape index (κ2) is 13.3. The predicted octanol–water partition coefficient (Wildman–Crippen LogP) is 3.92. The monoisotopic (exact) mass is 517 g/mol. The van der Waals surface area contributed by atoms with Crippen LogP contribution < -0.4 is 14.4 Å². The fraction of sp³-hybridized carbons (Fsp3) is 0.481. The van der Waals surface area contributed by atoms with Gasteiger partial charge in [-0.2, -0.15) is 0 Å². The lowest BCUT2D eigenvalue weighted by atomic mass is 10.0. The number of nitrogens with zero attached hydrogens (tertiary/aromatic N) is 2. The first kappa shape index (κ1) is 29.2. The highest BCUT2D eigenvalue weighted by Gasteiger charge is 2.32. The van der Waals surface area contributed by atoms with E-state index in [1.165, 1.54) is 4.90 Å². The molecule has 0 bridgehead atoms. The lowest BCUT2D eigenvalue weighted by Gasteiger charge is -2.33. The van der Waals surface area contributed by atoms with Crippen LogP contribution in [-0.4, -0.2) is 57.6 Å². The second-order valence-corrected chi connectivity index (χ2v) is 11.0. The van der Waals surface area contributed by atoms with Gasteiger partial charge in [-0.25, -0.2) is 8.42 Å². The van der Waals surface area contributed by atoms with Gasteiger partial charge < -0.3 is 15.0 Å². The van der Waals surface area contributed by atoms with Gasteiger partial charge in [0, 0.05) is 13.1 Å². The van der Waals surface area contributed by atoms with Crippen LogP contribution in [-0.2, 0) is 26.2 Å². The Morgan fingerprint density at radius 1 is 1.03 bits per heavy atom. The van der Waals surface area contributed by atoms with E-state index in [1.54, 1.807) is 31.4 Å². The molecule has 8 nitrogen and oxygen atoms in total. The molecular formula is C27H39N3O5S. The summed E-state index contributed by atoms with van der Waals surface area (Å²) in [6, 6.07) is 13.7. The van der Waals surface area contributed by atoms with E-state index in [4.69, 9.17) is 4.74 Å². The molecular weight excluding hydrogens is 478 g/mol. The third-order valence-electron chi connectivity index (χ3n) is 5.95. The van der Waals surface area contributed by atoms with Crippen LogP contribution in [0, 0.1) is 0 Å². The Labute approximate surface area is 215 Å². The zero-order chi connectivity index (χ0) is 26.9. The number of amides is 2. The van der Waals surface area contributed by atoms with Crippen LogP contribution in [0.25, 0.3) is 0 Å². The fourth-order valence-electron chi connectivity index (χ4n) is 4.01. The lowest BCUT2D eigenvalue weighted by Crippen LogP contribution is -2.52. The van der Waals surface area contributed by atoms with Crippen LogP contribution >= 0.6 is 0 Å². The maximum Gasteiger partial charge on any atom is 0.244 e. The summed E-state index contributed by atoms with van der Waals surface area (Å²) in [6.45, 7) is 7.99. The summed E-state index contributed by atoms with van der Waals surface area (Å²) >= 11 is 0. The van der Waals surface area contributed by atoms with E-state index in [2.05, 4.69) is 5.32 Å². The number of rotatable bonds is 13. The number of methoxy groups -OCH3 is 1. The van der Waals surface area contributed by atoms with E-state index in [1.807, 2.05) is 52.0 Å². The summed E-state index contributed by atoms with van der Waals surface area (Å²) in [7, 11) is -2.21. The van der Waals surface area contributed by atoms with Crippen LogP contribution in [0.2, 0.25) is 0 Å². The Morgan fingerprint density at radius 2 is 1.67 bits per heavy atom. The molecule has 0 spiro atoms. The SMILES string of the molecule is CCCNC(=O)C(CC)N(Cc1ccc(OC)cc1)C(=O)CN(c1ccccc1C(C)C)S(C)(=O)=O. The average Bonchev–Trinajstić information content (AvgIpc) is 2.85. The van der Waals surface area contributed by atoms with Gasteiger partial charge in [-0.1, -0.05) is 58.0 Å². The quantitative estimate of drug-likeness (QED) is 0.435. The molecule has 1 N–H and O–H groups in total. The minimum atomic E-state index is -3.78. The molecule has 0 aliphatic rings. The Hall–Kier alpha value is -3.07. The molecule has 0 aromatic heterocycles. The average molecular weight is 518 g/mol. The number of nitrogens with one attached hydrogen (secondary N) is 1. The number of carbonyl (C=O) groups excluding carboxylic acids is 2. The van der Waals surface area contributed by atoms with E-state index in [0.29, 0.717) is 24.4 Å². The first-order chi connectivity index (χ1) is 17.0. The molecule has 0 saturated carbocycles. The minimum Gasteiger partial charge on any atom is -0.497 e. The Balaban J connectivity index is 2.48. The first-order valence-corrected chi connectivity index (χ1v) is 14.1. The van der Waals surface area contributed by atoms with E-state index in [-0.39, 0.29) is 18.4 Å². The number of hydrogen-bond donors (Lipinski definition) is 1. The zero-order valence-corrected chi connectivity index (χ0v) is 23.0. The van der Waals surface area contributed by atoms with Crippen LogP contribution in [0.5, 0.6) is 5.75 Å². The van der Waals surface area contributed by atoms with Gasteiger partial charge in [0.05, 0.1) is 19.1 Å². The summed E-state index contributed by atoms with van der Waals surface area (Å²) in [5, 5.41) is 2.88. The van der Waals surface area contributed by atoms with E-state index in [0.717, 1.165) is 28.1 Å². The molecule has 9 heteroatoms. The second-order valence-electron chi connectivity index (χ2n) is 9.07. The molecule has 0 heterocycles. The molecule has 36 heavy (non-hydrogen) atoms. The third kappa shape index (κ3) is 7.71. The van der Waals surface area contributed by atoms with E-state index in [9.17, 15) is 18.0 Å². The topological polar surface area (TPSA) is 96.0 Å². The number of ether oxygens (including phenoxy) is 1. The van der Waals surface area contributed by atoms with Crippen molar-refractivity contribution in [1.82, 2.24) is 10.2 Å². The molecule has 2 aromatic carbocycles. The summed E-state index contributed by atoms with van der Waals surface area (Å²) in [6.07, 6.45) is 2.25. The van der Waals surface area contributed by atoms with E-state index < -0.39 is 28.5 Å². The van der Waals surface area contributed by atoms with Crippen molar-refractivity contribution in [1.29, 1.82) is 0 Å². The predicted molar refractivity (Wildman–Crippen MR) is 144 cm³/mol. The molecule has 0 aliphatic heterocycles. The van der Waals surface area contributed by atoms with Crippen LogP contribution in [0.1, 0.15) is 57.6 Å². The molecule has 1 unspecified atom stereocenters. The number of para-hydroxylation sites is 1. The first-order valence-electron chi connectivity index (χ1n) is 12.3. The highest BCUT2D eigenvalue weighted by molar-refractivity contribution is 7.92. The number of hydrogen-bond acceptors (Lipinski definition) is 5. The zero-order valence-electron chi connectivity index (χ0n) is 22.2. The van der Waals surface area contributed by atoms with Gasteiger partial charge in [0.1, 0.15) is 18.3 Å². The molecule has 0 aliphatic carbocycles.